The predicted octanol–water partition coefficient (Wildman–Crippen LogP) is 1.61. The topological polar surface area (TPSA) is 96.3 Å². The Labute approximate surface area is 124 Å². The quantitative estimate of drug-likeness (QED) is 0.500. The van der Waals surface area contributed by atoms with Crippen LogP contribution in [0.5, 0.6) is 0 Å². The van der Waals surface area contributed by atoms with E-state index in [2.05, 4.69) is 16.0 Å². The van der Waals surface area contributed by atoms with Gasteiger partial charge in [0.1, 0.15) is 5.69 Å². The molecule has 0 bridgehead atoms. The van der Waals surface area contributed by atoms with Gasteiger partial charge in [0.15, 0.2) is 0 Å². The van der Waals surface area contributed by atoms with Gasteiger partial charge in [0.25, 0.3) is 11.6 Å². The van der Waals surface area contributed by atoms with Gasteiger partial charge < -0.3 is 16.0 Å². The van der Waals surface area contributed by atoms with Crippen molar-refractivity contribution in [2.24, 2.45) is 5.92 Å². The first-order chi connectivity index (χ1) is 9.99. The normalized spacial score (nSPS) is 11.8. The van der Waals surface area contributed by atoms with Crippen molar-refractivity contribution in [1.29, 1.82) is 0 Å². The van der Waals surface area contributed by atoms with Gasteiger partial charge in [-0.25, -0.2) is 0 Å². The van der Waals surface area contributed by atoms with Gasteiger partial charge in [-0.15, -0.1) is 0 Å². The number of carbonyl (C=O) groups excluding carboxylic acids is 1. The molecule has 1 amide bonds. The lowest BCUT2D eigenvalue weighted by atomic mass is 10.1. The van der Waals surface area contributed by atoms with Crippen LogP contribution in [0.15, 0.2) is 18.2 Å². The maximum atomic E-state index is 11.7. The molecule has 7 nitrogen and oxygen atoms in total. The van der Waals surface area contributed by atoms with Crippen LogP contribution in [-0.4, -0.2) is 37.5 Å². The summed E-state index contributed by atoms with van der Waals surface area (Å²) in [4.78, 5) is 22.4. The van der Waals surface area contributed by atoms with Crippen LogP contribution in [-0.2, 0) is 0 Å². The van der Waals surface area contributed by atoms with Crippen molar-refractivity contribution in [3.8, 4) is 0 Å². The summed E-state index contributed by atoms with van der Waals surface area (Å²) in [6, 6.07) is 4.47. The molecule has 0 aromatic heterocycles. The molecule has 1 unspecified atom stereocenters. The maximum Gasteiger partial charge on any atom is 0.293 e. The first-order valence-corrected chi connectivity index (χ1v) is 6.94. The van der Waals surface area contributed by atoms with Gasteiger partial charge in [-0.2, -0.15) is 0 Å². The molecule has 0 spiro atoms. The summed E-state index contributed by atoms with van der Waals surface area (Å²) in [5.74, 6) is 0.0216. The van der Waals surface area contributed by atoms with E-state index in [1.807, 2.05) is 14.0 Å². The first kappa shape index (κ1) is 16.9. The van der Waals surface area contributed by atoms with Gasteiger partial charge in [-0.1, -0.05) is 6.92 Å². The number of benzene rings is 1. The number of nitrogens with one attached hydrogen (secondary N) is 3. The lowest BCUT2D eigenvalue weighted by molar-refractivity contribution is -0.384. The molecule has 0 saturated carbocycles. The van der Waals surface area contributed by atoms with Crippen molar-refractivity contribution in [1.82, 2.24) is 10.6 Å². The first-order valence-electron chi connectivity index (χ1n) is 6.94. The molecule has 1 rings (SSSR count). The second kappa shape index (κ2) is 8.21. The highest BCUT2D eigenvalue weighted by Crippen LogP contribution is 2.25. The molecular weight excluding hydrogens is 272 g/mol. The molecule has 3 N–H and O–H groups in total. The molecule has 1 atom stereocenters. The zero-order valence-electron chi connectivity index (χ0n) is 12.6. The molecule has 7 heteroatoms. The minimum absolute atomic E-state index is 0.0876. The average molecular weight is 294 g/mol. The number of amides is 1. The Morgan fingerprint density at radius 3 is 2.67 bits per heavy atom. The van der Waals surface area contributed by atoms with Gasteiger partial charge in [-0.05, 0) is 38.6 Å². The molecule has 0 aliphatic carbocycles. The van der Waals surface area contributed by atoms with Gasteiger partial charge in [-0.3, -0.25) is 14.9 Å². The van der Waals surface area contributed by atoms with E-state index in [1.165, 1.54) is 6.07 Å². The third kappa shape index (κ3) is 5.03. The fourth-order valence-corrected chi connectivity index (χ4v) is 1.94. The Morgan fingerprint density at radius 2 is 2.10 bits per heavy atom. The lowest BCUT2D eigenvalue weighted by Gasteiger charge is -2.13. The van der Waals surface area contributed by atoms with E-state index in [0.717, 1.165) is 6.54 Å². The third-order valence-corrected chi connectivity index (χ3v) is 2.99. The van der Waals surface area contributed by atoms with Gasteiger partial charge >= 0.3 is 0 Å². The molecule has 116 valence electrons. The van der Waals surface area contributed by atoms with Gasteiger partial charge in [0.2, 0.25) is 0 Å². The maximum absolute atomic E-state index is 11.7. The zero-order chi connectivity index (χ0) is 15.8. The van der Waals surface area contributed by atoms with Crippen molar-refractivity contribution in [2.45, 2.75) is 13.8 Å². The smallest absolute Gasteiger partial charge is 0.293 e. The highest BCUT2D eigenvalue weighted by molar-refractivity contribution is 5.95. The number of hydrogen-bond acceptors (Lipinski definition) is 5. The SMILES string of the molecule is CCNC(=O)c1ccc(NCC(C)CNC)c([N+](=O)[O-])c1. The molecule has 0 aliphatic heterocycles. The Morgan fingerprint density at radius 1 is 1.38 bits per heavy atom. The number of nitrogens with zero attached hydrogens (tertiary/aromatic N) is 1. The van der Waals surface area contributed by atoms with E-state index in [9.17, 15) is 14.9 Å². The summed E-state index contributed by atoms with van der Waals surface area (Å²) in [6.07, 6.45) is 0. The highest BCUT2D eigenvalue weighted by Gasteiger charge is 2.17. The van der Waals surface area contributed by atoms with Crippen molar-refractivity contribution in [3.63, 3.8) is 0 Å². The van der Waals surface area contributed by atoms with Crippen molar-refractivity contribution in [2.75, 3.05) is 32.0 Å². The summed E-state index contributed by atoms with van der Waals surface area (Å²) in [5.41, 5.74) is 0.629. The zero-order valence-corrected chi connectivity index (χ0v) is 12.6. The van der Waals surface area contributed by atoms with Crippen molar-refractivity contribution >= 4 is 17.3 Å². The number of hydrogen-bond donors (Lipinski definition) is 3. The van der Waals surface area contributed by atoms with E-state index in [4.69, 9.17) is 0 Å². The standard InChI is InChI=1S/C14H22N4O3/c1-4-16-14(19)11-5-6-12(13(7-11)18(20)21)17-9-10(2)8-15-3/h5-7,10,15,17H,4,8-9H2,1-3H3,(H,16,19). The molecule has 0 saturated heterocycles. The van der Waals surface area contributed by atoms with Gasteiger partial charge in [0.05, 0.1) is 4.92 Å². The number of rotatable bonds is 8. The number of nitro groups is 1. The Hall–Kier alpha value is -2.15. The third-order valence-electron chi connectivity index (χ3n) is 2.99. The van der Waals surface area contributed by atoms with Gasteiger partial charge in [0, 0.05) is 24.7 Å². The number of nitro benzene ring substituents is 1. The summed E-state index contributed by atoms with van der Waals surface area (Å²) < 4.78 is 0. The molecule has 0 heterocycles. The van der Waals surface area contributed by atoms with Crippen molar-refractivity contribution in [3.05, 3.63) is 33.9 Å². The van der Waals surface area contributed by atoms with Crippen LogP contribution in [0, 0.1) is 16.0 Å². The van der Waals surface area contributed by atoms with Crippen LogP contribution in [0.4, 0.5) is 11.4 Å². The van der Waals surface area contributed by atoms with Crippen molar-refractivity contribution < 1.29 is 9.72 Å². The van der Waals surface area contributed by atoms with Crippen LogP contribution in [0.25, 0.3) is 0 Å². The van der Waals surface area contributed by atoms with E-state index in [1.54, 1.807) is 19.1 Å². The van der Waals surface area contributed by atoms with E-state index >= 15 is 0 Å². The minimum Gasteiger partial charge on any atom is -0.379 e. The fraction of sp³-hybridized carbons (Fsp3) is 0.500. The molecule has 1 aromatic carbocycles. The summed E-state index contributed by atoms with van der Waals surface area (Å²) in [7, 11) is 1.86. The van der Waals surface area contributed by atoms with E-state index < -0.39 is 4.92 Å². The molecule has 0 radical (unpaired) electrons. The summed E-state index contributed by atoms with van der Waals surface area (Å²) in [5, 5.41) is 19.9. The van der Waals surface area contributed by atoms with Crippen LogP contribution < -0.4 is 16.0 Å². The molecule has 1 aromatic rings. The second-order valence-corrected chi connectivity index (χ2v) is 4.89. The molecular formula is C14H22N4O3. The summed E-state index contributed by atoms with van der Waals surface area (Å²) >= 11 is 0. The number of carbonyl (C=O) groups is 1. The van der Waals surface area contributed by atoms with E-state index in [0.29, 0.717) is 24.7 Å². The number of anilines is 1. The fourth-order valence-electron chi connectivity index (χ4n) is 1.94. The van der Waals surface area contributed by atoms with Crippen LogP contribution >= 0.6 is 0 Å². The molecule has 21 heavy (non-hydrogen) atoms. The Bertz CT molecular complexity index is 505. The Balaban J connectivity index is 2.89. The molecule has 0 aliphatic rings. The predicted molar refractivity (Wildman–Crippen MR) is 82.7 cm³/mol. The summed E-state index contributed by atoms with van der Waals surface area (Å²) in [6.45, 7) is 5.75. The van der Waals surface area contributed by atoms with E-state index in [-0.39, 0.29) is 17.2 Å². The largest absolute Gasteiger partial charge is 0.379 e. The highest BCUT2D eigenvalue weighted by atomic mass is 16.6. The van der Waals surface area contributed by atoms with Crippen LogP contribution in [0.1, 0.15) is 24.2 Å². The average Bonchev–Trinajstić information content (AvgIpc) is 2.45. The Kier molecular flexibility index (Phi) is 6.61. The molecule has 0 fully saturated rings. The minimum atomic E-state index is -0.478. The second-order valence-electron chi connectivity index (χ2n) is 4.89. The monoisotopic (exact) mass is 294 g/mol. The van der Waals surface area contributed by atoms with Crippen LogP contribution in [0.3, 0.4) is 0 Å². The van der Waals surface area contributed by atoms with Crippen LogP contribution in [0.2, 0.25) is 0 Å². The lowest BCUT2D eigenvalue weighted by Crippen LogP contribution is -2.24.